The normalized spacial score (nSPS) is 21.1. The van der Waals surface area contributed by atoms with Crippen molar-refractivity contribution in [3.63, 3.8) is 0 Å². The highest BCUT2D eigenvalue weighted by Crippen LogP contribution is 2.47. The van der Waals surface area contributed by atoms with Gasteiger partial charge in [0.15, 0.2) is 0 Å². The molecule has 0 bridgehead atoms. The lowest BCUT2D eigenvalue weighted by molar-refractivity contribution is 0.117. The van der Waals surface area contributed by atoms with Gasteiger partial charge in [0, 0.05) is 10.0 Å². The lowest BCUT2D eigenvalue weighted by atomic mass is 9.88. The van der Waals surface area contributed by atoms with Gasteiger partial charge in [0.05, 0.1) is 6.10 Å². The Balaban J connectivity index is 2.00. The monoisotopic (exact) mass is 335 g/mol. The van der Waals surface area contributed by atoms with Crippen molar-refractivity contribution in [1.29, 1.82) is 0 Å². The van der Waals surface area contributed by atoms with Crippen molar-refractivity contribution < 1.29 is 9.53 Å². The van der Waals surface area contributed by atoms with Crippen molar-refractivity contribution in [2.45, 2.75) is 56.6 Å². The Kier molecular flexibility index (Phi) is 3.95. The van der Waals surface area contributed by atoms with Crippen LogP contribution in [-0.4, -0.2) is 12.2 Å². The fraction of sp³-hybridized carbons (Fsp3) is 0.562. The van der Waals surface area contributed by atoms with E-state index in [4.69, 9.17) is 4.74 Å². The number of carbonyl (C=O) groups excluding carboxylic acids is 1. The van der Waals surface area contributed by atoms with Crippen LogP contribution >= 0.6 is 15.9 Å². The van der Waals surface area contributed by atoms with E-state index in [9.17, 15) is 4.79 Å². The van der Waals surface area contributed by atoms with E-state index in [1.54, 1.807) is 6.08 Å². The van der Waals surface area contributed by atoms with Crippen LogP contribution in [0.15, 0.2) is 27.7 Å². The number of hydrogen-bond donors (Lipinski definition) is 0. The molecule has 0 aliphatic heterocycles. The number of isocyanates is 1. The van der Waals surface area contributed by atoms with Gasteiger partial charge in [-0.05, 0) is 50.3 Å². The highest BCUT2D eigenvalue weighted by molar-refractivity contribution is 9.10. The second-order valence-electron chi connectivity index (χ2n) is 5.75. The van der Waals surface area contributed by atoms with Gasteiger partial charge in [-0.2, -0.15) is 4.99 Å². The van der Waals surface area contributed by atoms with Gasteiger partial charge in [0.1, 0.15) is 11.3 Å². The van der Waals surface area contributed by atoms with Crippen molar-refractivity contribution in [2.75, 3.05) is 0 Å². The summed E-state index contributed by atoms with van der Waals surface area (Å²) in [4.78, 5) is 15.1. The largest absolute Gasteiger partial charge is 0.490 e. The van der Waals surface area contributed by atoms with Crippen LogP contribution in [0.3, 0.4) is 0 Å². The second-order valence-corrected chi connectivity index (χ2v) is 6.67. The Bertz CT molecular complexity index is 541. The zero-order chi connectivity index (χ0) is 14.0. The molecule has 0 spiro atoms. The summed E-state index contributed by atoms with van der Waals surface area (Å²) in [7, 11) is 0. The summed E-state index contributed by atoms with van der Waals surface area (Å²) >= 11 is 3.52. The van der Waals surface area contributed by atoms with Gasteiger partial charge in [-0.3, -0.25) is 0 Å². The van der Waals surface area contributed by atoms with E-state index in [0.717, 1.165) is 54.3 Å². The first-order valence-electron chi connectivity index (χ1n) is 7.29. The predicted molar refractivity (Wildman–Crippen MR) is 80.7 cm³/mol. The standard InChI is InChI=1S/C16H18BrNO2/c17-12-6-7-15(20-13-4-3-5-13)14(10-12)16(18-11-19)8-1-2-9-16/h6-7,10,13H,1-5,8-9H2. The van der Waals surface area contributed by atoms with Crippen molar-refractivity contribution in [3.05, 3.63) is 28.2 Å². The average Bonchev–Trinajstić information content (AvgIpc) is 2.85. The summed E-state index contributed by atoms with van der Waals surface area (Å²) in [6, 6.07) is 6.04. The van der Waals surface area contributed by atoms with E-state index in [2.05, 4.69) is 27.0 Å². The van der Waals surface area contributed by atoms with Crippen molar-refractivity contribution >= 4 is 22.0 Å². The summed E-state index contributed by atoms with van der Waals surface area (Å²) in [6.07, 6.45) is 9.60. The van der Waals surface area contributed by atoms with Crippen molar-refractivity contribution in [3.8, 4) is 5.75 Å². The summed E-state index contributed by atoms with van der Waals surface area (Å²) < 4.78 is 7.11. The molecule has 0 N–H and O–H groups in total. The van der Waals surface area contributed by atoms with E-state index in [0.29, 0.717) is 6.10 Å². The van der Waals surface area contributed by atoms with Crippen LogP contribution in [0.5, 0.6) is 5.75 Å². The molecule has 3 rings (SSSR count). The molecule has 2 aliphatic carbocycles. The zero-order valence-electron chi connectivity index (χ0n) is 11.4. The maximum absolute atomic E-state index is 10.9. The first-order valence-corrected chi connectivity index (χ1v) is 8.08. The van der Waals surface area contributed by atoms with Crippen LogP contribution in [0.4, 0.5) is 0 Å². The number of hydrogen-bond acceptors (Lipinski definition) is 3. The highest BCUT2D eigenvalue weighted by Gasteiger charge is 2.38. The third-order valence-electron chi connectivity index (χ3n) is 4.48. The van der Waals surface area contributed by atoms with Gasteiger partial charge in [0.25, 0.3) is 0 Å². The van der Waals surface area contributed by atoms with E-state index in [1.165, 1.54) is 6.42 Å². The molecule has 1 aromatic carbocycles. The molecule has 0 amide bonds. The highest BCUT2D eigenvalue weighted by atomic mass is 79.9. The predicted octanol–water partition coefficient (Wildman–Crippen LogP) is 4.49. The van der Waals surface area contributed by atoms with E-state index in [1.807, 2.05) is 12.1 Å². The lowest BCUT2D eigenvalue weighted by Crippen LogP contribution is -2.27. The molecule has 0 heterocycles. The van der Waals surface area contributed by atoms with Gasteiger partial charge in [0.2, 0.25) is 6.08 Å². The van der Waals surface area contributed by atoms with E-state index < -0.39 is 5.54 Å². The third-order valence-corrected chi connectivity index (χ3v) is 4.97. The molecule has 0 saturated heterocycles. The molecular formula is C16H18BrNO2. The Morgan fingerprint density at radius 2 is 2.00 bits per heavy atom. The smallest absolute Gasteiger partial charge is 0.235 e. The van der Waals surface area contributed by atoms with E-state index >= 15 is 0 Å². The molecule has 0 atom stereocenters. The van der Waals surface area contributed by atoms with Gasteiger partial charge >= 0.3 is 0 Å². The summed E-state index contributed by atoms with van der Waals surface area (Å²) in [5, 5.41) is 0. The van der Waals surface area contributed by atoms with Crippen LogP contribution < -0.4 is 4.74 Å². The summed E-state index contributed by atoms with van der Waals surface area (Å²) in [6.45, 7) is 0. The van der Waals surface area contributed by atoms with Gasteiger partial charge in [-0.25, -0.2) is 4.79 Å². The minimum Gasteiger partial charge on any atom is -0.490 e. The average molecular weight is 336 g/mol. The van der Waals surface area contributed by atoms with Crippen LogP contribution in [0.25, 0.3) is 0 Å². The molecule has 2 aliphatic rings. The maximum atomic E-state index is 10.9. The Morgan fingerprint density at radius 1 is 1.25 bits per heavy atom. The lowest BCUT2D eigenvalue weighted by Gasteiger charge is -2.31. The molecule has 0 aromatic heterocycles. The molecular weight excluding hydrogens is 318 g/mol. The van der Waals surface area contributed by atoms with E-state index in [-0.39, 0.29) is 0 Å². The number of halogens is 1. The number of nitrogens with zero attached hydrogens (tertiary/aromatic N) is 1. The first kappa shape index (κ1) is 13.8. The first-order chi connectivity index (χ1) is 9.73. The van der Waals surface area contributed by atoms with Crippen LogP contribution in [0.2, 0.25) is 0 Å². The molecule has 0 unspecified atom stereocenters. The second kappa shape index (κ2) is 5.71. The number of benzene rings is 1. The molecule has 106 valence electrons. The fourth-order valence-corrected chi connectivity index (χ4v) is 3.49. The minimum atomic E-state index is -0.426. The minimum absolute atomic E-state index is 0.327. The van der Waals surface area contributed by atoms with Gasteiger partial charge in [-0.1, -0.05) is 28.8 Å². The number of aliphatic imine (C=N–C) groups is 1. The topological polar surface area (TPSA) is 38.7 Å². The quantitative estimate of drug-likeness (QED) is 0.600. The maximum Gasteiger partial charge on any atom is 0.235 e. The van der Waals surface area contributed by atoms with Crippen LogP contribution in [0, 0.1) is 0 Å². The third kappa shape index (κ3) is 2.55. The fourth-order valence-electron chi connectivity index (χ4n) is 3.13. The molecule has 2 saturated carbocycles. The molecule has 4 heteroatoms. The summed E-state index contributed by atoms with van der Waals surface area (Å²) in [5.74, 6) is 0.888. The van der Waals surface area contributed by atoms with Crippen LogP contribution in [0.1, 0.15) is 50.5 Å². The number of rotatable bonds is 4. The Hall–Kier alpha value is -1.12. The molecule has 0 radical (unpaired) electrons. The van der Waals surface area contributed by atoms with Gasteiger partial charge in [-0.15, -0.1) is 0 Å². The Labute approximate surface area is 127 Å². The molecule has 1 aromatic rings. The zero-order valence-corrected chi connectivity index (χ0v) is 13.0. The van der Waals surface area contributed by atoms with Gasteiger partial charge < -0.3 is 4.74 Å². The molecule has 3 nitrogen and oxygen atoms in total. The SMILES string of the molecule is O=C=NC1(c2cc(Br)ccc2OC2CCC2)CCCC1. The van der Waals surface area contributed by atoms with Crippen LogP contribution in [-0.2, 0) is 10.3 Å². The molecule has 20 heavy (non-hydrogen) atoms. The van der Waals surface area contributed by atoms with Crippen molar-refractivity contribution in [2.24, 2.45) is 4.99 Å². The number of ether oxygens (including phenoxy) is 1. The molecule has 2 fully saturated rings. The Morgan fingerprint density at radius 3 is 2.60 bits per heavy atom. The summed E-state index contributed by atoms with van der Waals surface area (Å²) in [5.41, 5.74) is 0.615. The van der Waals surface area contributed by atoms with Crippen molar-refractivity contribution in [1.82, 2.24) is 0 Å².